The highest BCUT2D eigenvalue weighted by atomic mass is 16.5. The molecule has 1 rings (SSSR count). The number of aliphatic hydroxyl groups is 1. The number of benzene rings is 1. The van der Waals surface area contributed by atoms with E-state index in [2.05, 4.69) is 17.2 Å². The molecule has 0 saturated carbocycles. The topological polar surface area (TPSA) is 58.6 Å². The minimum Gasteiger partial charge on any atom is -0.395 e. The maximum atomic E-state index is 11.8. The third-order valence-electron chi connectivity index (χ3n) is 2.87. The van der Waals surface area contributed by atoms with Crippen molar-refractivity contribution in [2.24, 2.45) is 0 Å². The molecule has 4 heteroatoms. The lowest BCUT2D eigenvalue weighted by Crippen LogP contribution is -2.13. The minimum absolute atomic E-state index is 0.00285. The first-order valence-electron chi connectivity index (χ1n) is 7.25. The lowest BCUT2D eigenvalue weighted by atomic mass is 10.1. The zero-order valence-electron chi connectivity index (χ0n) is 12.7. The van der Waals surface area contributed by atoms with Crippen LogP contribution in [-0.2, 0) is 9.53 Å². The van der Waals surface area contributed by atoms with Crippen LogP contribution in [-0.4, -0.2) is 30.8 Å². The summed E-state index contributed by atoms with van der Waals surface area (Å²) in [5.41, 5.74) is 2.67. The van der Waals surface area contributed by atoms with Gasteiger partial charge in [0.25, 0.3) is 0 Å². The molecule has 1 aromatic rings. The Balaban J connectivity index is 2.52. The minimum atomic E-state index is -0.00285. The van der Waals surface area contributed by atoms with Gasteiger partial charge in [0.05, 0.1) is 6.61 Å². The van der Waals surface area contributed by atoms with Crippen LogP contribution in [0.5, 0.6) is 0 Å². The van der Waals surface area contributed by atoms with Gasteiger partial charge in [0, 0.05) is 37.3 Å². The summed E-state index contributed by atoms with van der Waals surface area (Å²) in [4.78, 5) is 11.8. The lowest BCUT2D eigenvalue weighted by Gasteiger charge is -2.09. The molecule has 0 aromatic heterocycles. The highest BCUT2D eigenvalue weighted by Gasteiger charge is 2.05. The van der Waals surface area contributed by atoms with Crippen LogP contribution in [0.15, 0.2) is 18.2 Å². The predicted molar refractivity (Wildman–Crippen MR) is 84.1 cm³/mol. The molecule has 0 radical (unpaired) electrons. The Morgan fingerprint density at radius 1 is 1.43 bits per heavy atom. The van der Waals surface area contributed by atoms with Crippen LogP contribution in [0.3, 0.4) is 0 Å². The van der Waals surface area contributed by atoms with Crippen molar-refractivity contribution >= 4 is 11.6 Å². The van der Waals surface area contributed by atoms with Gasteiger partial charge in [-0.15, -0.1) is 0 Å². The van der Waals surface area contributed by atoms with Crippen LogP contribution >= 0.6 is 0 Å². The number of anilines is 1. The SMILES string of the molecule is CCOCCCC(=O)Nc1ccc(C#CCCO)cc1C. The second-order valence-corrected chi connectivity index (χ2v) is 4.65. The maximum absolute atomic E-state index is 11.8. The normalized spacial score (nSPS) is 9.86. The third kappa shape index (κ3) is 6.94. The van der Waals surface area contributed by atoms with Crippen LogP contribution in [0, 0.1) is 18.8 Å². The Morgan fingerprint density at radius 3 is 2.90 bits per heavy atom. The number of ether oxygens (including phenoxy) is 1. The van der Waals surface area contributed by atoms with Gasteiger partial charge in [-0.25, -0.2) is 0 Å². The lowest BCUT2D eigenvalue weighted by molar-refractivity contribution is -0.116. The summed E-state index contributed by atoms with van der Waals surface area (Å²) in [5.74, 6) is 5.85. The van der Waals surface area contributed by atoms with Crippen molar-refractivity contribution in [3.8, 4) is 11.8 Å². The quantitative estimate of drug-likeness (QED) is 0.599. The summed E-state index contributed by atoms with van der Waals surface area (Å²) < 4.78 is 5.21. The van der Waals surface area contributed by atoms with E-state index in [4.69, 9.17) is 9.84 Å². The fraction of sp³-hybridized carbons (Fsp3) is 0.471. The maximum Gasteiger partial charge on any atom is 0.224 e. The molecule has 0 bridgehead atoms. The standard InChI is InChI=1S/C17H23NO3/c1-3-21-12-6-8-17(20)18-16-10-9-15(13-14(16)2)7-4-5-11-19/h9-10,13,19H,3,5-6,8,11-12H2,1-2H3,(H,18,20). The predicted octanol–water partition coefficient (Wildman–Crippen LogP) is 2.48. The van der Waals surface area contributed by atoms with Crippen molar-refractivity contribution in [3.63, 3.8) is 0 Å². The molecule has 0 spiro atoms. The Kier molecular flexibility index (Phi) is 8.18. The first-order chi connectivity index (χ1) is 10.2. The zero-order valence-corrected chi connectivity index (χ0v) is 12.7. The molecule has 0 aliphatic heterocycles. The second-order valence-electron chi connectivity index (χ2n) is 4.65. The molecule has 0 fully saturated rings. The number of rotatable bonds is 7. The molecule has 4 nitrogen and oxygen atoms in total. The molecule has 0 aliphatic rings. The Bertz CT molecular complexity index is 515. The number of hydrogen-bond acceptors (Lipinski definition) is 3. The molecule has 0 heterocycles. The van der Waals surface area contributed by atoms with Gasteiger partial charge in [-0.05, 0) is 44.0 Å². The largest absolute Gasteiger partial charge is 0.395 e. The van der Waals surface area contributed by atoms with Crippen molar-refractivity contribution in [2.75, 3.05) is 25.1 Å². The fourth-order valence-electron chi connectivity index (χ4n) is 1.79. The molecular formula is C17H23NO3. The number of nitrogens with one attached hydrogen (secondary N) is 1. The van der Waals surface area contributed by atoms with E-state index in [0.717, 1.165) is 23.2 Å². The average molecular weight is 289 g/mol. The van der Waals surface area contributed by atoms with Gasteiger partial charge < -0.3 is 15.2 Å². The molecule has 114 valence electrons. The molecule has 1 amide bonds. The van der Waals surface area contributed by atoms with E-state index in [1.54, 1.807) is 0 Å². The number of aryl methyl sites for hydroxylation is 1. The van der Waals surface area contributed by atoms with Crippen LogP contribution in [0.4, 0.5) is 5.69 Å². The first-order valence-corrected chi connectivity index (χ1v) is 7.25. The summed E-state index contributed by atoms with van der Waals surface area (Å²) in [6, 6.07) is 5.66. The molecule has 21 heavy (non-hydrogen) atoms. The summed E-state index contributed by atoms with van der Waals surface area (Å²) in [5, 5.41) is 11.6. The van der Waals surface area contributed by atoms with Crippen LogP contribution < -0.4 is 5.32 Å². The molecule has 0 saturated heterocycles. The van der Waals surface area contributed by atoms with Gasteiger partial charge in [-0.3, -0.25) is 4.79 Å². The number of carbonyl (C=O) groups is 1. The zero-order chi connectivity index (χ0) is 15.5. The fourth-order valence-corrected chi connectivity index (χ4v) is 1.79. The molecule has 2 N–H and O–H groups in total. The Morgan fingerprint density at radius 2 is 2.24 bits per heavy atom. The number of carbonyl (C=O) groups excluding carboxylic acids is 1. The summed E-state index contributed by atoms with van der Waals surface area (Å²) >= 11 is 0. The smallest absolute Gasteiger partial charge is 0.224 e. The van der Waals surface area contributed by atoms with Gasteiger partial charge in [0.15, 0.2) is 0 Å². The van der Waals surface area contributed by atoms with E-state index in [9.17, 15) is 4.79 Å². The second kappa shape index (κ2) is 9.98. The summed E-state index contributed by atoms with van der Waals surface area (Å²) in [6.45, 7) is 5.24. The average Bonchev–Trinajstić information content (AvgIpc) is 2.47. The van der Waals surface area contributed by atoms with Gasteiger partial charge in [0.2, 0.25) is 5.91 Å². The highest BCUT2D eigenvalue weighted by Crippen LogP contribution is 2.16. The van der Waals surface area contributed by atoms with Gasteiger partial charge in [-0.1, -0.05) is 11.8 Å². The first kappa shape index (κ1) is 17.2. The number of aliphatic hydroxyl groups excluding tert-OH is 1. The number of hydrogen-bond donors (Lipinski definition) is 2. The van der Waals surface area contributed by atoms with E-state index < -0.39 is 0 Å². The van der Waals surface area contributed by atoms with Crippen LogP contribution in [0.1, 0.15) is 37.3 Å². The third-order valence-corrected chi connectivity index (χ3v) is 2.87. The van der Waals surface area contributed by atoms with Crippen LogP contribution in [0.25, 0.3) is 0 Å². The molecule has 0 unspecified atom stereocenters. The van der Waals surface area contributed by atoms with Crippen molar-refractivity contribution in [3.05, 3.63) is 29.3 Å². The summed E-state index contributed by atoms with van der Waals surface area (Å²) in [6.07, 6.45) is 1.65. The van der Waals surface area contributed by atoms with E-state index in [-0.39, 0.29) is 12.5 Å². The van der Waals surface area contributed by atoms with Crippen molar-refractivity contribution < 1.29 is 14.6 Å². The van der Waals surface area contributed by atoms with Crippen LogP contribution in [0.2, 0.25) is 0 Å². The van der Waals surface area contributed by atoms with Gasteiger partial charge >= 0.3 is 0 Å². The Hall–Kier alpha value is -1.83. The van der Waals surface area contributed by atoms with E-state index in [0.29, 0.717) is 26.1 Å². The van der Waals surface area contributed by atoms with E-state index in [1.807, 2.05) is 32.0 Å². The number of amides is 1. The van der Waals surface area contributed by atoms with Gasteiger partial charge in [-0.2, -0.15) is 0 Å². The van der Waals surface area contributed by atoms with E-state index >= 15 is 0 Å². The van der Waals surface area contributed by atoms with Crippen molar-refractivity contribution in [1.82, 2.24) is 0 Å². The Labute approximate surface area is 126 Å². The summed E-state index contributed by atoms with van der Waals surface area (Å²) in [7, 11) is 0. The molecule has 1 aromatic carbocycles. The molecule has 0 aliphatic carbocycles. The van der Waals surface area contributed by atoms with Crippen molar-refractivity contribution in [2.45, 2.75) is 33.1 Å². The van der Waals surface area contributed by atoms with Crippen molar-refractivity contribution in [1.29, 1.82) is 0 Å². The van der Waals surface area contributed by atoms with Gasteiger partial charge in [0.1, 0.15) is 0 Å². The monoisotopic (exact) mass is 289 g/mol. The van der Waals surface area contributed by atoms with E-state index in [1.165, 1.54) is 0 Å². The highest BCUT2D eigenvalue weighted by molar-refractivity contribution is 5.91. The molecular weight excluding hydrogens is 266 g/mol. The molecule has 0 atom stereocenters.